The van der Waals surface area contributed by atoms with Crippen molar-refractivity contribution >= 4 is 23.0 Å². The molecule has 2 unspecified atom stereocenters. The van der Waals surface area contributed by atoms with E-state index in [0.717, 1.165) is 22.6 Å². The lowest BCUT2D eigenvalue weighted by Crippen LogP contribution is -2.38. The van der Waals surface area contributed by atoms with E-state index < -0.39 is 0 Å². The van der Waals surface area contributed by atoms with Crippen LogP contribution in [0, 0.1) is 0 Å². The van der Waals surface area contributed by atoms with Crippen molar-refractivity contribution in [3.8, 4) is 5.75 Å². The first-order valence-corrected chi connectivity index (χ1v) is 9.27. The smallest absolute Gasteiger partial charge is 0.225 e. The van der Waals surface area contributed by atoms with E-state index in [2.05, 4.69) is 11.4 Å². The molecule has 1 N–H and O–H groups in total. The van der Waals surface area contributed by atoms with E-state index in [-0.39, 0.29) is 23.5 Å². The Morgan fingerprint density at radius 3 is 2.76 bits per heavy atom. The lowest BCUT2D eigenvalue weighted by Gasteiger charge is -2.34. The summed E-state index contributed by atoms with van der Waals surface area (Å²) in [5, 5.41) is 4.99. The van der Waals surface area contributed by atoms with Gasteiger partial charge in [-0.2, -0.15) is 0 Å². The highest BCUT2D eigenvalue weighted by Gasteiger charge is 2.38. The Balaban J connectivity index is 1.73. The summed E-state index contributed by atoms with van der Waals surface area (Å²) in [4.78, 5) is 26.4. The van der Waals surface area contributed by atoms with Crippen molar-refractivity contribution in [1.82, 2.24) is 5.32 Å². The van der Waals surface area contributed by atoms with Gasteiger partial charge in [0.25, 0.3) is 0 Å². The maximum absolute atomic E-state index is 12.9. The molecule has 0 bridgehead atoms. The summed E-state index contributed by atoms with van der Waals surface area (Å²) in [5.41, 5.74) is 2.55. The molecule has 0 spiro atoms. The van der Waals surface area contributed by atoms with Gasteiger partial charge in [0.1, 0.15) is 5.75 Å². The summed E-state index contributed by atoms with van der Waals surface area (Å²) in [5.74, 6) is 0.843. The molecule has 0 fully saturated rings. The van der Waals surface area contributed by atoms with Gasteiger partial charge in [0.2, 0.25) is 5.91 Å². The third-order valence-electron chi connectivity index (χ3n) is 4.98. The highest BCUT2D eigenvalue weighted by molar-refractivity contribution is 7.10. The topological polar surface area (TPSA) is 55.4 Å². The van der Waals surface area contributed by atoms with Gasteiger partial charge in [-0.25, -0.2) is 0 Å². The average molecular weight is 353 g/mol. The molecule has 4 rings (SSSR count). The van der Waals surface area contributed by atoms with Gasteiger partial charge in [0.05, 0.1) is 7.11 Å². The Kier molecular flexibility index (Phi) is 4.17. The summed E-state index contributed by atoms with van der Waals surface area (Å²) in [6.07, 6.45) is 1.53. The standard InChI is InChI=1S/C20H19NO3S/c1-24-14-5-2-4-12(8-14)15-11-19(23)21-16-9-13(10-17(22)20(15)16)18-6-3-7-25-18/h2-8,13,15H,9-11H2,1H3,(H,21,23). The molecule has 0 saturated heterocycles. The van der Waals surface area contributed by atoms with Crippen LogP contribution in [0.3, 0.4) is 0 Å². The van der Waals surface area contributed by atoms with E-state index in [1.54, 1.807) is 18.4 Å². The molecule has 1 amide bonds. The average Bonchev–Trinajstić information content (AvgIpc) is 3.15. The third kappa shape index (κ3) is 3.00. The number of allylic oxidation sites excluding steroid dienone is 2. The highest BCUT2D eigenvalue weighted by Crippen LogP contribution is 2.43. The largest absolute Gasteiger partial charge is 0.497 e. The third-order valence-corrected chi connectivity index (χ3v) is 6.01. The molecule has 128 valence electrons. The first-order valence-electron chi connectivity index (χ1n) is 8.39. The molecule has 25 heavy (non-hydrogen) atoms. The Hall–Kier alpha value is -2.40. The van der Waals surface area contributed by atoms with Gasteiger partial charge in [-0.1, -0.05) is 18.2 Å². The van der Waals surface area contributed by atoms with Crippen LogP contribution in [-0.2, 0) is 9.59 Å². The molecule has 0 radical (unpaired) electrons. The molecule has 1 aliphatic carbocycles. The predicted octanol–water partition coefficient (Wildman–Crippen LogP) is 3.76. The second-order valence-corrected chi connectivity index (χ2v) is 7.50. The molecule has 1 aliphatic heterocycles. The summed E-state index contributed by atoms with van der Waals surface area (Å²) in [6, 6.07) is 11.7. The van der Waals surface area contributed by atoms with E-state index in [1.807, 2.05) is 35.7 Å². The van der Waals surface area contributed by atoms with E-state index in [1.165, 1.54) is 4.88 Å². The van der Waals surface area contributed by atoms with Crippen LogP contribution in [0.25, 0.3) is 0 Å². The van der Waals surface area contributed by atoms with E-state index in [0.29, 0.717) is 19.3 Å². The minimum absolute atomic E-state index is 0.0220. The van der Waals surface area contributed by atoms with Crippen LogP contribution in [0.5, 0.6) is 5.75 Å². The van der Waals surface area contributed by atoms with Crippen LogP contribution >= 0.6 is 11.3 Å². The zero-order valence-corrected chi connectivity index (χ0v) is 14.8. The van der Waals surface area contributed by atoms with Crippen molar-refractivity contribution in [3.05, 3.63) is 63.5 Å². The Morgan fingerprint density at radius 1 is 1.12 bits per heavy atom. The number of rotatable bonds is 3. The zero-order valence-electron chi connectivity index (χ0n) is 14.0. The van der Waals surface area contributed by atoms with E-state index in [4.69, 9.17) is 4.74 Å². The van der Waals surface area contributed by atoms with E-state index >= 15 is 0 Å². The summed E-state index contributed by atoms with van der Waals surface area (Å²) >= 11 is 1.67. The molecule has 4 nitrogen and oxygen atoms in total. The first kappa shape index (κ1) is 16.1. The Morgan fingerprint density at radius 2 is 2.00 bits per heavy atom. The molecule has 2 aromatic rings. The van der Waals surface area contributed by atoms with Gasteiger partial charge in [-0.05, 0) is 35.6 Å². The second kappa shape index (κ2) is 6.48. The minimum atomic E-state index is -0.185. The molecule has 2 heterocycles. The number of thiophene rings is 1. The number of ketones is 1. The van der Waals surface area contributed by atoms with Crippen molar-refractivity contribution in [2.24, 2.45) is 0 Å². The van der Waals surface area contributed by atoms with Gasteiger partial charge in [0, 0.05) is 40.8 Å². The van der Waals surface area contributed by atoms with Gasteiger partial charge in [0.15, 0.2) is 5.78 Å². The fourth-order valence-electron chi connectivity index (χ4n) is 3.83. The molecule has 2 atom stereocenters. The molecular weight excluding hydrogens is 334 g/mol. The number of benzene rings is 1. The maximum Gasteiger partial charge on any atom is 0.225 e. The van der Waals surface area contributed by atoms with Crippen molar-refractivity contribution in [1.29, 1.82) is 0 Å². The fraction of sp³-hybridized carbons (Fsp3) is 0.300. The molecule has 1 aromatic carbocycles. The number of ether oxygens (including phenoxy) is 1. The van der Waals surface area contributed by atoms with Crippen molar-refractivity contribution in [3.63, 3.8) is 0 Å². The van der Waals surface area contributed by atoms with Crippen LogP contribution in [0.1, 0.15) is 41.5 Å². The summed E-state index contributed by atoms with van der Waals surface area (Å²) in [7, 11) is 1.62. The van der Waals surface area contributed by atoms with Crippen LogP contribution in [-0.4, -0.2) is 18.8 Å². The summed E-state index contributed by atoms with van der Waals surface area (Å²) < 4.78 is 5.30. The molecule has 2 aliphatic rings. The van der Waals surface area contributed by atoms with Crippen LogP contribution in [0.4, 0.5) is 0 Å². The lowest BCUT2D eigenvalue weighted by molar-refractivity contribution is -0.122. The van der Waals surface area contributed by atoms with Crippen molar-refractivity contribution in [2.75, 3.05) is 7.11 Å². The van der Waals surface area contributed by atoms with Gasteiger partial charge in [-0.15, -0.1) is 11.3 Å². The van der Waals surface area contributed by atoms with Gasteiger partial charge < -0.3 is 10.1 Å². The monoisotopic (exact) mass is 353 g/mol. The number of hydrogen-bond acceptors (Lipinski definition) is 4. The highest BCUT2D eigenvalue weighted by atomic mass is 32.1. The summed E-state index contributed by atoms with van der Waals surface area (Å²) in [6.45, 7) is 0. The number of amides is 1. The SMILES string of the molecule is COc1cccc(C2CC(=O)NC3=C2C(=O)CC(c2cccs2)C3)c1. The van der Waals surface area contributed by atoms with Crippen molar-refractivity contribution in [2.45, 2.75) is 31.1 Å². The molecule has 5 heteroatoms. The number of methoxy groups -OCH3 is 1. The predicted molar refractivity (Wildman–Crippen MR) is 96.8 cm³/mol. The zero-order chi connectivity index (χ0) is 17.4. The van der Waals surface area contributed by atoms with Gasteiger partial charge >= 0.3 is 0 Å². The van der Waals surface area contributed by atoms with Crippen LogP contribution in [0.15, 0.2) is 53.0 Å². The number of carbonyl (C=O) groups is 2. The Labute approximate surface area is 150 Å². The van der Waals surface area contributed by atoms with Crippen LogP contribution in [0.2, 0.25) is 0 Å². The fourth-order valence-corrected chi connectivity index (χ4v) is 4.66. The van der Waals surface area contributed by atoms with Crippen molar-refractivity contribution < 1.29 is 14.3 Å². The minimum Gasteiger partial charge on any atom is -0.497 e. The number of nitrogens with one attached hydrogen (secondary N) is 1. The molecular formula is C20H19NO3S. The Bertz CT molecular complexity index is 854. The number of hydrogen-bond donors (Lipinski definition) is 1. The molecule has 0 saturated carbocycles. The normalized spacial score (nSPS) is 23.2. The first-order chi connectivity index (χ1) is 12.2. The van der Waals surface area contributed by atoms with E-state index in [9.17, 15) is 9.59 Å². The molecule has 1 aromatic heterocycles. The second-order valence-electron chi connectivity index (χ2n) is 6.52. The maximum atomic E-state index is 12.9. The van der Waals surface area contributed by atoms with Crippen LogP contribution < -0.4 is 10.1 Å². The number of Topliss-reactive ketones (excluding diaryl/α,β-unsaturated/α-hetero) is 1. The van der Waals surface area contributed by atoms with Gasteiger partial charge in [-0.3, -0.25) is 9.59 Å². The quantitative estimate of drug-likeness (QED) is 0.914. The lowest BCUT2D eigenvalue weighted by atomic mass is 9.74. The number of carbonyl (C=O) groups excluding carboxylic acids is 2.